The zero-order valence-corrected chi connectivity index (χ0v) is 12.0. The van der Waals surface area contributed by atoms with E-state index in [9.17, 15) is 13.9 Å². The van der Waals surface area contributed by atoms with E-state index in [1.54, 1.807) is 0 Å². The molecule has 0 spiro atoms. The van der Waals surface area contributed by atoms with Crippen LogP contribution in [0.2, 0.25) is 0 Å². The molecule has 5 heteroatoms. The Morgan fingerprint density at radius 1 is 1.15 bits per heavy atom. The number of piperazine rings is 1. The highest BCUT2D eigenvalue weighted by molar-refractivity contribution is 5.21. The Morgan fingerprint density at radius 3 is 2.40 bits per heavy atom. The molecule has 2 rings (SSSR count). The molecule has 20 heavy (non-hydrogen) atoms. The van der Waals surface area contributed by atoms with E-state index in [-0.39, 0.29) is 5.56 Å². The first-order chi connectivity index (χ1) is 9.47. The van der Waals surface area contributed by atoms with Crippen molar-refractivity contribution in [3.63, 3.8) is 0 Å². The Labute approximate surface area is 118 Å². The third kappa shape index (κ3) is 3.75. The Kier molecular flexibility index (Phi) is 5.07. The summed E-state index contributed by atoms with van der Waals surface area (Å²) in [6.07, 6.45) is -0.990. The lowest BCUT2D eigenvalue weighted by Gasteiger charge is -2.37. The van der Waals surface area contributed by atoms with Crippen molar-refractivity contribution in [3.8, 4) is 0 Å². The lowest BCUT2D eigenvalue weighted by atomic mass is 10.1. The first kappa shape index (κ1) is 15.4. The van der Waals surface area contributed by atoms with Crippen molar-refractivity contribution in [2.75, 3.05) is 32.7 Å². The minimum atomic E-state index is -0.990. The van der Waals surface area contributed by atoms with E-state index in [1.165, 1.54) is 0 Å². The summed E-state index contributed by atoms with van der Waals surface area (Å²) in [6, 6.07) is 3.71. The molecule has 1 aliphatic rings. The highest BCUT2D eigenvalue weighted by Crippen LogP contribution is 2.20. The molecule has 1 N–H and O–H groups in total. The summed E-state index contributed by atoms with van der Waals surface area (Å²) in [5, 5.41) is 10.1. The zero-order chi connectivity index (χ0) is 14.7. The van der Waals surface area contributed by atoms with E-state index in [0.717, 1.165) is 44.4 Å². The molecule has 0 aliphatic carbocycles. The van der Waals surface area contributed by atoms with Gasteiger partial charge in [0.05, 0.1) is 6.10 Å². The SMILES string of the molecule is CC(C)N1CCN(CC(O)c2cc(F)ccc2F)CC1. The Bertz CT molecular complexity index is 445. The molecule has 1 heterocycles. The number of rotatable bonds is 4. The number of hydrogen-bond donors (Lipinski definition) is 1. The minimum absolute atomic E-state index is 0.0382. The largest absolute Gasteiger partial charge is 0.387 e. The van der Waals surface area contributed by atoms with Gasteiger partial charge in [0.2, 0.25) is 0 Å². The van der Waals surface area contributed by atoms with Crippen molar-refractivity contribution in [3.05, 3.63) is 35.4 Å². The average Bonchev–Trinajstić information content (AvgIpc) is 2.42. The fourth-order valence-corrected chi connectivity index (χ4v) is 2.58. The van der Waals surface area contributed by atoms with Crippen LogP contribution in [-0.4, -0.2) is 53.7 Å². The van der Waals surface area contributed by atoms with Crippen LogP contribution in [0.1, 0.15) is 25.5 Å². The number of nitrogens with zero attached hydrogens (tertiary/aromatic N) is 2. The van der Waals surface area contributed by atoms with Gasteiger partial charge < -0.3 is 5.11 Å². The van der Waals surface area contributed by atoms with Crippen molar-refractivity contribution in [2.45, 2.75) is 26.0 Å². The molecule has 0 radical (unpaired) electrons. The standard InChI is InChI=1S/C15H22F2N2O/c1-11(2)19-7-5-18(6-8-19)10-15(20)13-9-12(16)3-4-14(13)17/h3-4,9,11,15,20H,5-8,10H2,1-2H3. The van der Waals surface area contributed by atoms with E-state index < -0.39 is 17.7 Å². The van der Waals surface area contributed by atoms with Gasteiger partial charge >= 0.3 is 0 Å². The van der Waals surface area contributed by atoms with Gasteiger partial charge in [0.25, 0.3) is 0 Å². The van der Waals surface area contributed by atoms with Crippen molar-refractivity contribution >= 4 is 0 Å². The Balaban J connectivity index is 1.92. The summed E-state index contributed by atoms with van der Waals surface area (Å²) >= 11 is 0. The van der Waals surface area contributed by atoms with Gasteiger partial charge in [-0.3, -0.25) is 9.80 Å². The fraction of sp³-hybridized carbons (Fsp3) is 0.600. The lowest BCUT2D eigenvalue weighted by molar-refractivity contribution is 0.0606. The molecular weight excluding hydrogens is 262 g/mol. The van der Waals surface area contributed by atoms with Gasteiger partial charge in [-0.2, -0.15) is 0 Å². The molecule has 1 atom stereocenters. The van der Waals surface area contributed by atoms with Crippen molar-refractivity contribution < 1.29 is 13.9 Å². The number of aliphatic hydroxyl groups is 1. The molecule has 3 nitrogen and oxygen atoms in total. The van der Waals surface area contributed by atoms with Crippen LogP contribution in [0.15, 0.2) is 18.2 Å². The molecule has 1 saturated heterocycles. The zero-order valence-electron chi connectivity index (χ0n) is 12.0. The highest BCUT2D eigenvalue weighted by Gasteiger charge is 2.22. The summed E-state index contributed by atoms with van der Waals surface area (Å²) in [4.78, 5) is 4.46. The monoisotopic (exact) mass is 284 g/mol. The van der Waals surface area contributed by atoms with Crippen LogP contribution < -0.4 is 0 Å². The smallest absolute Gasteiger partial charge is 0.129 e. The summed E-state index contributed by atoms with van der Waals surface area (Å²) < 4.78 is 26.7. The second kappa shape index (κ2) is 6.61. The molecule has 1 aliphatic heterocycles. The summed E-state index contributed by atoms with van der Waals surface area (Å²) in [6.45, 7) is 8.22. The second-order valence-corrected chi connectivity index (χ2v) is 5.61. The van der Waals surface area contributed by atoms with E-state index in [4.69, 9.17) is 0 Å². The normalized spacial score (nSPS) is 19.5. The number of hydrogen-bond acceptors (Lipinski definition) is 3. The van der Waals surface area contributed by atoms with E-state index >= 15 is 0 Å². The van der Waals surface area contributed by atoms with Crippen molar-refractivity contribution in [1.29, 1.82) is 0 Å². The number of halogens is 2. The lowest BCUT2D eigenvalue weighted by Crippen LogP contribution is -2.49. The first-order valence-corrected chi connectivity index (χ1v) is 7.07. The molecule has 0 bridgehead atoms. The Hall–Kier alpha value is -1.04. The molecule has 1 unspecified atom stereocenters. The fourth-order valence-electron chi connectivity index (χ4n) is 2.58. The molecule has 0 amide bonds. The van der Waals surface area contributed by atoms with Gasteiger partial charge in [-0.1, -0.05) is 0 Å². The van der Waals surface area contributed by atoms with Gasteiger partial charge in [0.1, 0.15) is 11.6 Å². The number of β-amino-alcohol motifs (C(OH)–C–C–N with tert-alkyl or cyclic N) is 1. The second-order valence-electron chi connectivity index (χ2n) is 5.61. The summed E-state index contributed by atoms with van der Waals surface area (Å²) in [5.41, 5.74) is 0.0382. The maximum atomic E-state index is 13.6. The van der Waals surface area contributed by atoms with Crippen LogP contribution in [0.4, 0.5) is 8.78 Å². The molecular formula is C15H22F2N2O. The summed E-state index contributed by atoms with van der Waals surface area (Å²) in [5.74, 6) is -1.08. The third-order valence-corrected chi connectivity index (χ3v) is 3.89. The highest BCUT2D eigenvalue weighted by atomic mass is 19.1. The van der Waals surface area contributed by atoms with Crippen molar-refractivity contribution in [1.82, 2.24) is 9.80 Å². The predicted molar refractivity (Wildman–Crippen MR) is 74.5 cm³/mol. The molecule has 0 aromatic heterocycles. The Morgan fingerprint density at radius 2 is 1.80 bits per heavy atom. The van der Waals surface area contributed by atoms with Gasteiger partial charge in [0.15, 0.2) is 0 Å². The number of aliphatic hydroxyl groups excluding tert-OH is 1. The van der Waals surface area contributed by atoms with E-state index in [0.29, 0.717) is 12.6 Å². The molecule has 1 fully saturated rings. The maximum Gasteiger partial charge on any atom is 0.129 e. The van der Waals surface area contributed by atoms with Gasteiger partial charge in [0, 0.05) is 44.3 Å². The molecule has 112 valence electrons. The van der Waals surface area contributed by atoms with Crippen LogP contribution >= 0.6 is 0 Å². The van der Waals surface area contributed by atoms with Crippen molar-refractivity contribution in [2.24, 2.45) is 0 Å². The molecule has 1 aromatic carbocycles. The van der Waals surface area contributed by atoms with Crippen LogP contribution in [0, 0.1) is 11.6 Å². The van der Waals surface area contributed by atoms with Crippen LogP contribution in [-0.2, 0) is 0 Å². The van der Waals surface area contributed by atoms with Gasteiger partial charge in [-0.05, 0) is 32.0 Å². The third-order valence-electron chi connectivity index (χ3n) is 3.89. The van der Waals surface area contributed by atoms with Crippen LogP contribution in [0.3, 0.4) is 0 Å². The quantitative estimate of drug-likeness (QED) is 0.916. The van der Waals surface area contributed by atoms with Gasteiger partial charge in [-0.25, -0.2) is 8.78 Å². The first-order valence-electron chi connectivity index (χ1n) is 7.07. The van der Waals surface area contributed by atoms with Crippen LogP contribution in [0.25, 0.3) is 0 Å². The average molecular weight is 284 g/mol. The van der Waals surface area contributed by atoms with Gasteiger partial charge in [-0.15, -0.1) is 0 Å². The van der Waals surface area contributed by atoms with E-state index in [2.05, 4.69) is 23.6 Å². The predicted octanol–water partition coefficient (Wildman–Crippen LogP) is 2.02. The maximum absolute atomic E-state index is 13.6. The number of benzene rings is 1. The van der Waals surface area contributed by atoms with Crippen LogP contribution in [0.5, 0.6) is 0 Å². The van der Waals surface area contributed by atoms with E-state index in [1.807, 2.05) is 0 Å². The topological polar surface area (TPSA) is 26.7 Å². The summed E-state index contributed by atoms with van der Waals surface area (Å²) in [7, 11) is 0. The molecule has 0 saturated carbocycles. The molecule has 1 aromatic rings. The minimum Gasteiger partial charge on any atom is -0.387 e.